The molecule has 0 bridgehead atoms. The van der Waals surface area contributed by atoms with E-state index in [9.17, 15) is 4.39 Å². The number of hydrogen-bond donors (Lipinski definition) is 0. The van der Waals surface area contributed by atoms with E-state index in [-0.39, 0.29) is 5.82 Å². The van der Waals surface area contributed by atoms with Crippen LogP contribution in [0.5, 0.6) is 0 Å². The van der Waals surface area contributed by atoms with Crippen molar-refractivity contribution < 1.29 is 4.39 Å². The van der Waals surface area contributed by atoms with Crippen LogP contribution in [0.2, 0.25) is 5.02 Å². The van der Waals surface area contributed by atoms with Crippen LogP contribution >= 0.6 is 11.6 Å². The Morgan fingerprint density at radius 2 is 1.92 bits per heavy atom. The standard InChI is InChI=1S/C8H8ClF.C2H6/c1-2-6-3-4-7(10)5-8(6)9;1-2/h3-5H,2H2,1H3;1-2H3. The van der Waals surface area contributed by atoms with Crippen molar-refractivity contribution in [2.75, 3.05) is 0 Å². The molecule has 12 heavy (non-hydrogen) atoms. The smallest absolute Gasteiger partial charge is 0.124 e. The Morgan fingerprint density at radius 1 is 1.33 bits per heavy atom. The fourth-order valence-corrected chi connectivity index (χ4v) is 1.11. The van der Waals surface area contributed by atoms with Crippen molar-refractivity contribution in [3.63, 3.8) is 0 Å². The first-order valence-electron chi connectivity index (χ1n) is 4.18. The number of halogens is 2. The van der Waals surface area contributed by atoms with E-state index in [1.54, 1.807) is 6.07 Å². The summed E-state index contributed by atoms with van der Waals surface area (Å²) in [6, 6.07) is 4.46. The van der Waals surface area contributed by atoms with Gasteiger partial charge in [0.2, 0.25) is 0 Å². The Morgan fingerprint density at radius 3 is 2.33 bits per heavy atom. The first kappa shape index (κ1) is 11.4. The quantitative estimate of drug-likeness (QED) is 0.624. The minimum atomic E-state index is -0.276. The van der Waals surface area contributed by atoms with Crippen LogP contribution < -0.4 is 0 Å². The van der Waals surface area contributed by atoms with Crippen LogP contribution in [0.3, 0.4) is 0 Å². The van der Waals surface area contributed by atoms with Gasteiger partial charge in [-0.15, -0.1) is 0 Å². The normalized spacial score (nSPS) is 8.75. The van der Waals surface area contributed by atoms with Gasteiger partial charge in [-0.25, -0.2) is 4.39 Å². The molecule has 1 aromatic carbocycles. The SMILES string of the molecule is CC.CCc1ccc(F)cc1Cl. The van der Waals surface area contributed by atoms with Gasteiger partial charge in [-0.05, 0) is 24.1 Å². The minimum absolute atomic E-state index is 0.276. The Kier molecular flexibility index (Phi) is 5.73. The molecule has 0 radical (unpaired) electrons. The molecule has 0 aromatic heterocycles. The Hall–Kier alpha value is -0.560. The van der Waals surface area contributed by atoms with Gasteiger partial charge in [-0.1, -0.05) is 38.4 Å². The van der Waals surface area contributed by atoms with Gasteiger partial charge < -0.3 is 0 Å². The number of benzene rings is 1. The van der Waals surface area contributed by atoms with Crippen molar-refractivity contribution in [1.29, 1.82) is 0 Å². The summed E-state index contributed by atoms with van der Waals surface area (Å²) in [6.45, 7) is 5.99. The summed E-state index contributed by atoms with van der Waals surface area (Å²) in [6.07, 6.45) is 0.846. The van der Waals surface area contributed by atoms with E-state index >= 15 is 0 Å². The van der Waals surface area contributed by atoms with Crippen LogP contribution in [-0.4, -0.2) is 0 Å². The van der Waals surface area contributed by atoms with Crippen LogP contribution in [0.15, 0.2) is 18.2 Å². The third kappa shape index (κ3) is 3.22. The largest absolute Gasteiger partial charge is 0.207 e. The molecule has 0 amide bonds. The number of rotatable bonds is 1. The summed E-state index contributed by atoms with van der Waals surface area (Å²) >= 11 is 5.69. The van der Waals surface area contributed by atoms with Crippen molar-refractivity contribution >= 4 is 11.6 Å². The van der Waals surface area contributed by atoms with Crippen LogP contribution in [0.4, 0.5) is 4.39 Å². The Balaban J connectivity index is 0.000000561. The van der Waals surface area contributed by atoms with Gasteiger partial charge in [-0.3, -0.25) is 0 Å². The molecule has 1 aromatic rings. The van der Waals surface area contributed by atoms with Gasteiger partial charge in [0.1, 0.15) is 5.82 Å². The van der Waals surface area contributed by atoms with Crippen LogP contribution in [0, 0.1) is 5.82 Å². The molecule has 0 aliphatic rings. The molecule has 0 aliphatic carbocycles. The molecule has 0 saturated carbocycles. The van der Waals surface area contributed by atoms with Crippen LogP contribution in [0.25, 0.3) is 0 Å². The summed E-state index contributed by atoms with van der Waals surface area (Å²) in [5.41, 5.74) is 0.989. The van der Waals surface area contributed by atoms with E-state index in [0.717, 1.165) is 12.0 Å². The maximum atomic E-state index is 12.4. The van der Waals surface area contributed by atoms with Gasteiger partial charge in [0.15, 0.2) is 0 Å². The summed E-state index contributed by atoms with van der Waals surface area (Å²) in [5, 5.41) is 0.516. The first-order valence-corrected chi connectivity index (χ1v) is 4.55. The van der Waals surface area contributed by atoms with Crippen molar-refractivity contribution in [2.45, 2.75) is 27.2 Å². The molecule has 2 heteroatoms. The number of aryl methyl sites for hydroxylation is 1. The van der Waals surface area contributed by atoms with Crippen molar-refractivity contribution in [3.05, 3.63) is 34.6 Å². The topological polar surface area (TPSA) is 0 Å². The van der Waals surface area contributed by atoms with E-state index in [2.05, 4.69) is 0 Å². The third-order valence-electron chi connectivity index (χ3n) is 1.40. The second-order valence-electron chi connectivity index (χ2n) is 2.09. The molecular weight excluding hydrogens is 175 g/mol. The summed E-state index contributed by atoms with van der Waals surface area (Å²) < 4.78 is 12.4. The zero-order chi connectivity index (χ0) is 9.56. The highest BCUT2D eigenvalue weighted by Gasteiger charge is 1.97. The van der Waals surface area contributed by atoms with E-state index in [1.165, 1.54) is 12.1 Å². The van der Waals surface area contributed by atoms with Crippen molar-refractivity contribution in [2.24, 2.45) is 0 Å². The lowest BCUT2D eigenvalue weighted by atomic mass is 10.2. The van der Waals surface area contributed by atoms with E-state index in [0.29, 0.717) is 5.02 Å². The molecule has 0 spiro atoms. The highest BCUT2D eigenvalue weighted by molar-refractivity contribution is 6.31. The van der Waals surface area contributed by atoms with E-state index in [1.807, 2.05) is 20.8 Å². The molecule has 68 valence electrons. The fraction of sp³-hybridized carbons (Fsp3) is 0.400. The molecule has 1 rings (SSSR count). The number of hydrogen-bond acceptors (Lipinski definition) is 0. The third-order valence-corrected chi connectivity index (χ3v) is 1.75. The molecule has 0 saturated heterocycles. The Labute approximate surface area is 78.4 Å². The summed E-state index contributed by atoms with van der Waals surface area (Å²) in [4.78, 5) is 0. The highest BCUT2D eigenvalue weighted by atomic mass is 35.5. The summed E-state index contributed by atoms with van der Waals surface area (Å²) in [5.74, 6) is -0.276. The average Bonchev–Trinajstić information content (AvgIpc) is 2.08. The fourth-order valence-electron chi connectivity index (χ4n) is 0.808. The zero-order valence-electron chi connectivity index (χ0n) is 7.70. The monoisotopic (exact) mass is 188 g/mol. The minimum Gasteiger partial charge on any atom is -0.207 e. The maximum Gasteiger partial charge on any atom is 0.124 e. The predicted molar refractivity (Wildman–Crippen MR) is 52.1 cm³/mol. The lowest BCUT2D eigenvalue weighted by Crippen LogP contribution is -1.82. The molecule has 0 heterocycles. The molecule has 0 nitrogen and oxygen atoms in total. The molecule has 0 unspecified atom stereocenters. The second-order valence-corrected chi connectivity index (χ2v) is 2.50. The second kappa shape index (κ2) is 6.01. The van der Waals surface area contributed by atoms with Gasteiger partial charge >= 0.3 is 0 Å². The first-order chi connectivity index (χ1) is 5.74. The maximum absolute atomic E-state index is 12.4. The highest BCUT2D eigenvalue weighted by Crippen LogP contribution is 2.16. The molecule has 0 N–H and O–H groups in total. The average molecular weight is 189 g/mol. The molecule has 0 fully saturated rings. The summed E-state index contributed by atoms with van der Waals surface area (Å²) in [7, 11) is 0. The van der Waals surface area contributed by atoms with Crippen LogP contribution in [-0.2, 0) is 6.42 Å². The van der Waals surface area contributed by atoms with Gasteiger partial charge in [0, 0.05) is 5.02 Å². The van der Waals surface area contributed by atoms with Gasteiger partial charge in [-0.2, -0.15) is 0 Å². The lowest BCUT2D eigenvalue weighted by Gasteiger charge is -1.98. The van der Waals surface area contributed by atoms with E-state index < -0.39 is 0 Å². The van der Waals surface area contributed by atoms with Crippen LogP contribution in [0.1, 0.15) is 26.3 Å². The van der Waals surface area contributed by atoms with E-state index in [4.69, 9.17) is 11.6 Å². The lowest BCUT2D eigenvalue weighted by molar-refractivity contribution is 0.627. The molecular formula is C10H14ClF. The molecule has 0 aliphatic heterocycles. The van der Waals surface area contributed by atoms with Crippen molar-refractivity contribution in [1.82, 2.24) is 0 Å². The van der Waals surface area contributed by atoms with Gasteiger partial charge in [0.25, 0.3) is 0 Å². The Bertz CT molecular complexity index is 233. The van der Waals surface area contributed by atoms with Crippen molar-refractivity contribution in [3.8, 4) is 0 Å². The molecule has 0 atom stereocenters. The zero-order valence-corrected chi connectivity index (χ0v) is 8.45. The van der Waals surface area contributed by atoms with Gasteiger partial charge in [0.05, 0.1) is 0 Å². The predicted octanol–water partition coefficient (Wildman–Crippen LogP) is 4.07.